The predicted octanol–water partition coefficient (Wildman–Crippen LogP) is 2.03. The number of benzene rings is 1. The van der Waals surface area contributed by atoms with Gasteiger partial charge in [-0.1, -0.05) is 30.3 Å². The first-order valence-corrected chi connectivity index (χ1v) is 6.11. The Kier molecular flexibility index (Phi) is 5.16. The van der Waals surface area contributed by atoms with Crippen LogP contribution in [0, 0.1) is 0 Å². The van der Waals surface area contributed by atoms with Crippen molar-refractivity contribution < 1.29 is 4.79 Å². The summed E-state index contributed by atoms with van der Waals surface area (Å²) in [5, 5.41) is 2.99. The molecule has 0 spiro atoms. The van der Waals surface area contributed by atoms with Crippen molar-refractivity contribution in [3.05, 3.63) is 35.9 Å². The number of carbonyl (C=O) groups is 1. The molecular weight excluding hydrogens is 212 g/mol. The van der Waals surface area contributed by atoms with Crippen LogP contribution in [0.2, 0.25) is 0 Å². The number of nitrogens with one attached hydrogen (secondary N) is 1. The Morgan fingerprint density at radius 1 is 1.24 bits per heavy atom. The van der Waals surface area contributed by atoms with Crippen LogP contribution in [0.25, 0.3) is 0 Å². The van der Waals surface area contributed by atoms with Crippen molar-refractivity contribution >= 4 is 5.91 Å². The van der Waals surface area contributed by atoms with Crippen LogP contribution in [0.4, 0.5) is 0 Å². The standard InChI is InChI=1S/C14H22N2O/c1-10(15)9-11(2)16-14(17)12(3)13-7-5-4-6-8-13/h4-8,10-12H,9,15H2,1-3H3,(H,16,17). The van der Waals surface area contributed by atoms with Gasteiger partial charge in [0.2, 0.25) is 5.91 Å². The normalized spacial score (nSPS) is 16.0. The molecule has 0 saturated carbocycles. The predicted molar refractivity (Wildman–Crippen MR) is 70.7 cm³/mol. The van der Waals surface area contributed by atoms with E-state index in [0.717, 1.165) is 12.0 Å². The van der Waals surface area contributed by atoms with Crippen LogP contribution in [0.5, 0.6) is 0 Å². The fourth-order valence-electron chi connectivity index (χ4n) is 1.88. The molecule has 3 nitrogen and oxygen atoms in total. The van der Waals surface area contributed by atoms with Crippen molar-refractivity contribution in [2.45, 2.75) is 45.2 Å². The van der Waals surface area contributed by atoms with Crippen LogP contribution in [-0.4, -0.2) is 18.0 Å². The van der Waals surface area contributed by atoms with Crippen molar-refractivity contribution in [1.82, 2.24) is 5.32 Å². The summed E-state index contributed by atoms with van der Waals surface area (Å²) in [7, 11) is 0. The van der Waals surface area contributed by atoms with Crippen LogP contribution >= 0.6 is 0 Å². The number of amides is 1. The highest BCUT2D eigenvalue weighted by molar-refractivity contribution is 5.83. The third-order valence-corrected chi connectivity index (χ3v) is 2.81. The van der Waals surface area contributed by atoms with E-state index >= 15 is 0 Å². The van der Waals surface area contributed by atoms with Gasteiger partial charge < -0.3 is 11.1 Å². The minimum absolute atomic E-state index is 0.0596. The second-order valence-electron chi connectivity index (χ2n) is 4.75. The first-order valence-electron chi connectivity index (χ1n) is 6.11. The SMILES string of the molecule is CC(N)CC(C)NC(=O)C(C)c1ccccc1. The van der Waals surface area contributed by atoms with Crippen molar-refractivity contribution in [2.75, 3.05) is 0 Å². The van der Waals surface area contributed by atoms with Crippen LogP contribution in [0.15, 0.2) is 30.3 Å². The maximum absolute atomic E-state index is 12.0. The molecule has 0 aliphatic carbocycles. The zero-order valence-corrected chi connectivity index (χ0v) is 10.8. The second-order valence-corrected chi connectivity index (χ2v) is 4.75. The number of nitrogens with two attached hydrogens (primary N) is 1. The third kappa shape index (κ3) is 4.57. The topological polar surface area (TPSA) is 55.1 Å². The molecule has 0 bridgehead atoms. The Hall–Kier alpha value is -1.35. The monoisotopic (exact) mass is 234 g/mol. The van der Waals surface area contributed by atoms with Gasteiger partial charge in [0.15, 0.2) is 0 Å². The lowest BCUT2D eigenvalue weighted by atomic mass is 10.00. The molecule has 1 amide bonds. The van der Waals surface area contributed by atoms with Gasteiger partial charge in [0, 0.05) is 12.1 Å². The van der Waals surface area contributed by atoms with E-state index in [0.29, 0.717) is 0 Å². The molecule has 0 fully saturated rings. The second kappa shape index (κ2) is 6.40. The molecule has 3 heteroatoms. The Morgan fingerprint density at radius 3 is 2.35 bits per heavy atom. The average Bonchev–Trinajstić information content (AvgIpc) is 2.28. The number of rotatable bonds is 5. The molecular formula is C14H22N2O. The highest BCUT2D eigenvalue weighted by atomic mass is 16.1. The van der Waals surface area contributed by atoms with E-state index in [-0.39, 0.29) is 23.9 Å². The molecule has 0 aromatic heterocycles. The maximum Gasteiger partial charge on any atom is 0.227 e. The van der Waals surface area contributed by atoms with Gasteiger partial charge in [-0.3, -0.25) is 4.79 Å². The zero-order valence-electron chi connectivity index (χ0n) is 10.8. The van der Waals surface area contributed by atoms with Crippen molar-refractivity contribution in [1.29, 1.82) is 0 Å². The first kappa shape index (κ1) is 13.7. The smallest absolute Gasteiger partial charge is 0.227 e. The molecule has 0 saturated heterocycles. The molecule has 1 aromatic rings. The quantitative estimate of drug-likeness (QED) is 0.819. The van der Waals surface area contributed by atoms with Gasteiger partial charge in [0.1, 0.15) is 0 Å². The minimum Gasteiger partial charge on any atom is -0.353 e. The highest BCUT2D eigenvalue weighted by Gasteiger charge is 2.17. The molecule has 1 aromatic carbocycles. The zero-order chi connectivity index (χ0) is 12.8. The fourth-order valence-corrected chi connectivity index (χ4v) is 1.88. The van der Waals surface area contributed by atoms with E-state index in [1.54, 1.807) is 0 Å². The summed E-state index contributed by atoms with van der Waals surface area (Å²) in [6.07, 6.45) is 0.799. The lowest BCUT2D eigenvalue weighted by Gasteiger charge is -2.19. The Labute approximate surface area is 103 Å². The molecule has 0 aliphatic rings. The summed E-state index contributed by atoms with van der Waals surface area (Å²) in [6, 6.07) is 10.0. The van der Waals surface area contributed by atoms with Gasteiger partial charge in [0.25, 0.3) is 0 Å². The molecule has 1 rings (SSSR count). The Balaban J connectivity index is 2.53. The van der Waals surface area contributed by atoms with E-state index in [2.05, 4.69) is 5.32 Å². The summed E-state index contributed by atoms with van der Waals surface area (Å²) >= 11 is 0. The molecule has 3 atom stereocenters. The van der Waals surface area contributed by atoms with E-state index < -0.39 is 0 Å². The summed E-state index contributed by atoms with van der Waals surface area (Å²) in [5.41, 5.74) is 6.74. The van der Waals surface area contributed by atoms with Crippen LogP contribution in [-0.2, 0) is 4.79 Å². The molecule has 3 unspecified atom stereocenters. The number of hydrogen-bond acceptors (Lipinski definition) is 2. The van der Waals surface area contributed by atoms with Gasteiger partial charge in [0.05, 0.1) is 5.92 Å². The van der Waals surface area contributed by atoms with E-state index in [1.165, 1.54) is 0 Å². The highest BCUT2D eigenvalue weighted by Crippen LogP contribution is 2.14. The molecule has 0 radical (unpaired) electrons. The average molecular weight is 234 g/mol. The molecule has 0 heterocycles. The molecule has 94 valence electrons. The van der Waals surface area contributed by atoms with E-state index in [4.69, 9.17) is 5.73 Å². The van der Waals surface area contributed by atoms with Gasteiger partial charge >= 0.3 is 0 Å². The lowest BCUT2D eigenvalue weighted by Crippen LogP contribution is -2.38. The summed E-state index contributed by atoms with van der Waals surface area (Å²) in [6.45, 7) is 5.85. The van der Waals surface area contributed by atoms with E-state index in [1.807, 2.05) is 51.1 Å². The fraction of sp³-hybridized carbons (Fsp3) is 0.500. The van der Waals surface area contributed by atoms with Crippen molar-refractivity contribution in [3.63, 3.8) is 0 Å². The lowest BCUT2D eigenvalue weighted by molar-refractivity contribution is -0.122. The van der Waals surface area contributed by atoms with Gasteiger partial charge in [-0.15, -0.1) is 0 Å². The molecule has 0 aliphatic heterocycles. The number of hydrogen-bond donors (Lipinski definition) is 2. The van der Waals surface area contributed by atoms with E-state index in [9.17, 15) is 4.79 Å². The number of carbonyl (C=O) groups excluding carboxylic acids is 1. The van der Waals surface area contributed by atoms with Gasteiger partial charge in [-0.25, -0.2) is 0 Å². The van der Waals surface area contributed by atoms with Crippen molar-refractivity contribution in [2.24, 2.45) is 5.73 Å². The Morgan fingerprint density at radius 2 is 1.82 bits per heavy atom. The third-order valence-electron chi connectivity index (χ3n) is 2.81. The minimum atomic E-state index is -0.119. The maximum atomic E-state index is 12.0. The van der Waals surface area contributed by atoms with Gasteiger partial charge in [-0.05, 0) is 32.8 Å². The largest absolute Gasteiger partial charge is 0.353 e. The summed E-state index contributed by atoms with van der Waals surface area (Å²) in [4.78, 5) is 12.0. The van der Waals surface area contributed by atoms with Crippen molar-refractivity contribution in [3.8, 4) is 0 Å². The van der Waals surface area contributed by atoms with Crippen LogP contribution in [0.1, 0.15) is 38.7 Å². The molecule has 3 N–H and O–H groups in total. The van der Waals surface area contributed by atoms with Crippen LogP contribution < -0.4 is 11.1 Å². The summed E-state index contributed by atoms with van der Waals surface area (Å²) < 4.78 is 0. The summed E-state index contributed by atoms with van der Waals surface area (Å²) in [5.74, 6) is -0.0592. The first-order chi connectivity index (χ1) is 8.00. The van der Waals surface area contributed by atoms with Crippen LogP contribution in [0.3, 0.4) is 0 Å². The molecule has 17 heavy (non-hydrogen) atoms. The van der Waals surface area contributed by atoms with Gasteiger partial charge in [-0.2, -0.15) is 0 Å². The Bertz CT molecular complexity index is 348.